The molecule has 0 atom stereocenters. The minimum atomic E-state index is -0.266. The molecule has 0 amide bonds. The standard InChI is InChI=1S/C10H18N4O/c1-3-5-14(6-4-2)9-8(11)10(15)13-7-12-9/h7H,3-6,11H2,1-2H3,(H,12,13,15). The Labute approximate surface area is 89.3 Å². The molecule has 5 heteroatoms. The van der Waals surface area contributed by atoms with Gasteiger partial charge in [0.05, 0.1) is 6.33 Å². The monoisotopic (exact) mass is 210 g/mol. The highest BCUT2D eigenvalue weighted by Crippen LogP contribution is 2.15. The molecule has 0 fully saturated rings. The third kappa shape index (κ3) is 2.71. The Kier molecular flexibility index (Phi) is 4.15. The molecule has 0 radical (unpaired) electrons. The van der Waals surface area contributed by atoms with Crippen molar-refractivity contribution in [2.45, 2.75) is 26.7 Å². The van der Waals surface area contributed by atoms with Crippen molar-refractivity contribution in [3.8, 4) is 0 Å². The highest BCUT2D eigenvalue weighted by Gasteiger charge is 2.11. The van der Waals surface area contributed by atoms with E-state index in [9.17, 15) is 4.79 Å². The van der Waals surface area contributed by atoms with Crippen LogP contribution in [-0.4, -0.2) is 23.1 Å². The Morgan fingerprint density at radius 1 is 1.40 bits per heavy atom. The third-order valence-corrected chi connectivity index (χ3v) is 2.15. The van der Waals surface area contributed by atoms with Crippen LogP contribution in [0.3, 0.4) is 0 Å². The number of H-pyrrole nitrogens is 1. The Balaban J connectivity index is 2.99. The number of anilines is 2. The molecule has 1 aromatic heterocycles. The van der Waals surface area contributed by atoms with Crippen LogP contribution in [0.5, 0.6) is 0 Å². The van der Waals surface area contributed by atoms with Gasteiger partial charge in [-0.1, -0.05) is 13.8 Å². The Bertz CT molecular complexity index is 355. The molecule has 1 aromatic rings. The summed E-state index contributed by atoms with van der Waals surface area (Å²) in [5, 5.41) is 0. The molecule has 1 heterocycles. The van der Waals surface area contributed by atoms with Crippen LogP contribution in [0.15, 0.2) is 11.1 Å². The van der Waals surface area contributed by atoms with E-state index in [1.165, 1.54) is 6.33 Å². The number of hydrogen-bond acceptors (Lipinski definition) is 4. The Morgan fingerprint density at radius 3 is 2.53 bits per heavy atom. The second-order valence-electron chi connectivity index (χ2n) is 3.46. The summed E-state index contributed by atoms with van der Waals surface area (Å²) in [5.74, 6) is 0.599. The zero-order valence-electron chi connectivity index (χ0n) is 9.29. The maximum atomic E-state index is 11.3. The lowest BCUT2D eigenvalue weighted by molar-refractivity contribution is 0.733. The van der Waals surface area contributed by atoms with Crippen LogP contribution >= 0.6 is 0 Å². The number of rotatable bonds is 5. The van der Waals surface area contributed by atoms with Gasteiger partial charge in [0, 0.05) is 13.1 Å². The first-order valence-electron chi connectivity index (χ1n) is 5.28. The molecule has 5 nitrogen and oxygen atoms in total. The quantitative estimate of drug-likeness (QED) is 0.759. The number of nitrogens with zero attached hydrogens (tertiary/aromatic N) is 2. The van der Waals surface area contributed by atoms with Crippen molar-refractivity contribution in [1.29, 1.82) is 0 Å². The number of nitrogens with one attached hydrogen (secondary N) is 1. The largest absolute Gasteiger partial charge is 0.391 e. The van der Waals surface area contributed by atoms with Gasteiger partial charge in [0.2, 0.25) is 0 Å². The van der Waals surface area contributed by atoms with E-state index in [0.29, 0.717) is 5.82 Å². The maximum absolute atomic E-state index is 11.3. The van der Waals surface area contributed by atoms with Crippen molar-refractivity contribution in [2.75, 3.05) is 23.7 Å². The van der Waals surface area contributed by atoms with Gasteiger partial charge in [-0.25, -0.2) is 4.98 Å². The van der Waals surface area contributed by atoms with E-state index in [4.69, 9.17) is 5.73 Å². The Hall–Kier alpha value is -1.52. The fourth-order valence-electron chi connectivity index (χ4n) is 1.52. The van der Waals surface area contributed by atoms with E-state index in [1.54, 1.807) is 0 Å². The van der Waals surface area contributed by atoms with Gasteiger partial charge < -0.3 is 15.6 Å². The SMILES string of the molecule is CCCN(CCC)c1nc[nH]c(=O)c1N. The minimum absolute atomic E-state index is 0.208. The van der Waals surface area contributed by atoms with Crippen LogP contribution in [0.4, 0.5) is 11.5 Å². The van der Waals surface area contributed by atoms with Crippen molar-refractivity contribution in [2.24, 2.45) is 0 Å². The summed E-state index contributed by atoms with van der Waals surface area (Å²) in [6, 6.07) is 0. The summed E-state index contributed by atoms with van der Waals surface area (Å²) in [6.07, 6.45) is 3.41. The smallest absolute Gasteiger partial charge is 0.276 e. The number of nitrogens with two attached hydrogens (primary N) is 1. The van der Waals surface area contributed by atoms with Gasteiger partial charge in [-0.15, -0.1) is 0 Å². The molecule has 0 spiro atoms. The van der Waals surface area contributed by atoms with Gasteiger partial charge in [0.15, 0.2) is 5.82 Å². The minimum Gasteiger partial charge on any atom is -0.391 e. The maximum Gasteiger partial charge on any atom is 0.276 e. The molecule has 0 aromatic carbocycles. The van der Waals surface area contributed by atoms with Gasteiger partial charge >= 0.3 is 0 Å². The Morgan fingerprint density at radius 2 is 2.00 bits per heavy atom. The average Bonchev–Trinajstić information content (AvgIpc) is 2.22. The van der Waals surface area contributed by atoms with Gasteiger partial charge in [-0.3, -0.25) is 4.79 Å². The van der Waals surface area contributed by atoms with E-state index in [1.807, 2.05) is 4.90 Å². The van der Waals surface area contributed by atoms with Gasteiger partial charge in [-0.05, 0) is 12.8 Å². The third-order valence-electron chi connectivity index (χ3n) is 2.15. The lowest BCUT2D eigenvalue weighted by atomic mass is 10.3. The zero-order chi connectivity index (χ0) is 11.3. The normalized spacial score (nSPS) is 10.3. The molecule has 0 aliphatic carbocycles. The number of aromatic nitrogens is 2. The van der Waals surface area contributed by atoms with Crippen LogP contribution in [-0.2, 0) is 0 Å². The van der Waals surface area contributed by atoms with Crippen LogP contribution in [0.1, 0.15) is 26.7 Å². The van der Waals surface area contributed by atoms with Crippen LogP contribution in [0.25, 0.3) is 0 Å². The van der Waals surface area contributed by atoms with Gasteiger partial charge in [0.25, 0.3) is 5.56 Å². The first-order chi connectivity index (χ1) is 7.20. The second-order valence-corrected chi connectivity index (χ2v) is 3.46. The highest BCUT2D eigenvalue weighted by molar-refractivity contribution is 5.60. The molecule has 15 heavy (non-hydrogen) atoms. The molecule has 0 saturated heterocycles. The van der Waals surface area contributed by atoms with Crippen molar-refractivity contribution in [1.82, 2.24) is 9.97 Å². The predicted molar refractivity (Wildman–Crippen MR) is 62.1 cm³/mol. The average molecular weight is 210 g/mol. The molecule has 3 N–H and O–H groups in total. The summed E-state index contributed by atoms with van der Waals surface area (Å²) in [4.78, 5) is 19.9. The molecule has 0 aliphatic heterocycles. The van der Waals surface area contributed by atoms with Crippen molar-refractivity contribution in [3.63, 3.8) is 0 Å². The lowest BCUT2D eigenvalue weighted by Gasteiger charge is -2.23. The van der Waals surface area contributed by atoms with Crippen molar-refractivity contribution >= 4 is 11.5 Å². The first kappa shape index (κ1) is 11.6. The molecule has 1 rings (SSSR count). The van der Waals surface area contributed by atoms with E-state index >= 15 is 0 Å². The first-order valence-corrected chi connectivity index (χ1v) is 5.28. The molecule has 0 bridgehead atoms. The van der Waals surface area contributed by atoms with Gasteiger partial charge in [-0.2, -0.15) is 0 Å². The number of aromatic amines is 1. The molecular weight excluding hydrogens is 192 g/mol. The molecule has 0 saturated carbocycles. The van der Waals surface area contributed by atoms with Crippen LogP contribution < -0.4 is 16.2 Å². The van der Waals surface area contributed by atoms with E-state index in [0.717, 1.165) is 25.9 Å². The summed E-state index contributed by atoms with van der Waals surface area (Å²) >= 11 is 0. The van der Waals surface area contributed by atoms with Crippen LogP contribution in [0, 0.1) is 0 Å². The van der Waals surface area contributed by atoms with Crippen molar-refractivity contribution < 1.29 is 0 Å². The molecule has 0 unspecified atom stereocenters. The second kappa shape index (κ2) is 5.38. The summed E-state index contributed by atoms with van der Waals surface area (Å²) in [7, 11) is 0. The summed E-state index contributed by atoms with van der Waals surface area (Å²) in [5.41, 5.74) is 5.64. The van der Waals surface area contributed by atoms with Crippen LogP contribution in [0.2, 0.25) is 0 Å². The zero-order valence-corrected chi connectivity index (χ0v) is 9.29. The lowest BCUT2D eigenvalue weighted by Crippen LogP contribution is -2.29. The number of nitrogen functional groups attached to an aromatic ring is 1. The number of hydrogen-bond donors (Lipinski definition) is 2. The summed E-state index contributed by atoms with van der Waals surface area (Å²) < 4.78 is 0. The predicted octanol–water partition coefficient (Wildman–Crippen LogP) is 0.978. The highest BCUT2D eigenvalue weighted by atomic mass is 16.1. The fraction of sp³-hybridized carbons (Fsp3) is 0.600. The van der Waals surface area contributed by atoms with E-state index < -0.39 is 0 Å². The van der Waals surface area contributed by atoms with Crippen molar-refractivity contribution in [3.05, 3.63) is 16.7 Å². The molecular formula is C10H18N4O. The molecule has 0 aliphatic rings. The fourth-order valence-corrected chi connectivity index (χ4v) is 1.52. The van der Waals surface area contributed by atoms with E-state index in [2.05, 4.69) is 23.8 Å². The molecule has 84 valence electrons. The summed E-state index contributed by atoms with van der Waals surface area (Å²) in [6.45, 7) is 5.92. The van der Waals surface area contributed by atoms with E-state index in [-0.39, 0.29) is 11.2 Å². The topological polar surface area (TPSA) is 75.0 Å². The van der Waals surface area contributed by atoms with Gasteiger partial charge in [0.1, 0.15) is 5.69 Å².